The first-order valence-corrected chi connectivity index (χ1v) is 7.54. The van der Waals surface area contributed by atoms with Gasteiger partial charge in [0.1, 0.15) is 5.75 Å². The van der Waals surface area contributed by atoms with E-state index in [2.05, 4.69) is 24.3 Å². The molecule has 2 aromatic rings. The second kappa shape index (κ2) is 7.48. The minimum Gasteiger partial charge on any atom is -0.492 e. The van der Waals surface area contributed by atoms with Crippen molar-refractivity contribution in [1.82, 2.24) is 15.1 Å². The number of rotatable bonds is 7. The lowest BCUT2D eigenvalue weighted by Gasteiger charge is -2.11. The van der Waals surface area contributed by atoms with E-state index in [9.17, 15) is 0 Å². The van der Waals surface area contributed by atoms with Crippen molar-refractivity contribution in [2.75, 3.05) is 6.61 Å². The SMILES string of the molecule is CC(C)NCc1ccc(OCCc2cnn(C)c2)c(Cl)c1. The lowest BCUT2D eigenvalue weighted by atomic mass is 10.2. The Balaban J connectivity index is 1.85. The van der Waals surface area contributed by atoms with Gasteiger partial charge in [-0.05, 0) is 23.3 Å². The zero-order chi connectivity index (χ0) is 15.2. The predicted octanol–water partition coefficient (Wildman–Crippen LogP) is 3.19. The molecular weight excluding hydrogens is 286 g/mol. The van der Waals surface area contributed by atoms with Crippen molar-refractivity contribution in [2.24, 2.45) is 7.05 Å². The lowest BCUT2D eigenvalue weighted by molar-refractivity contribution is 0.322. The molecule has 1 aromatic heterocycles. The Labute approximate surface area is 131 Å². The van der Waals surface area contributed by atoms with Crippen molar-refractivity contribution in [3.8, 4) is 5.75 Å². The zero-order valence-electron chi connectivity index (χ0n) is 12.8. The van der Waals surface area contributed by atoms with Gasteiger partial charge in [0, 0.05) is 32.3 Å². The summed E-state index contributed by atoms with van der Waals surface area (Å²) in [6, 6.07) is 6.39. The molecule has 0 atom stereocenters. The van der Waals surface area contributed by atoms with E-state index in [1.807, 2.05) is 37.6 Å². The highest BCUT2D eigenvalue weighted by atomic mass is 35.5. The van der Waals surface area contributed by atoms with Crippen LogP contribution in [0.15, 0.2) is 30.6 Å². The van der Waals surface area contributed by atoms with Crippen molar-refractivity contribution < 1.29 is 4.74 Å². The van der Waals surface area contributed by atoms with E-state index < -0.39 is 0 Å². The maximum atomic E-state index is 6.26. The van der Waals surface area contributed by atoms with Crippen LogP contribution in [0.3, 0.4) is 0 Å². The van der Waals surface area contributed by atoms with Crippen LogP contribution in [0.4, 0.5) is 0 Å². The Kier molecular flexibility index (Phi) is 5.65. The van der Waals surface area contributed by atoms with Gasteiger partial charge in [-0.25, -0.2) is 0 Å². The Morgan fingerprint density at radius 3 is 2.76 bits per heavy atom. The third kappa shape index (κ3) is 5.06. The molecule has 0 aliphatic heterocycles. The molecule has 0 bridgehead atoms. The van der Waals surface area contributed by atoms with Gasteiger partial charge in [0.05, 0.1) is 17.8 Å². The van der Waals surface area contributed by atoms with Gasteiger partial charge in [0.2, 0.25) is 0 Å². The molecule has 0 saturated heterocycles. The fourth-order valence-corrected chi connectivity index (χ4v) is 2.23. The molecule has 0 radical (unpaired) electrons. The minimum atomic E-state index is 0.458. The molecule has 21 heavy (non-hydrogen) atoms. The van der Waals surface area contributed by atoms with Crippen LogP contribution in [-0.4, -0.2) is 22.4 Å². The van der Waals surface area contributed by atoms with E-state index in [1.165, 1.54) is 0 Å². The minimum absolute atomic E-state index is 0.458. The number of hydrogen-bond acceptors (Lipinski definition) is 3. The highest BCUT2D eigenvalue weighted by Gasteiger charge is 2.04. The van der Waals surface area contributed by atoms with Gasteiger partial charge in [0.25, 0.3) is 0 Å². The summed E-state index contributed by atoms with van der Waals surface area (Å²) in [5.74, 6) is 0.730. The van der Waals surface area contributed by atoms with Gasteiger partial charge in [-0.2, -0.15) is 5.10 Å². The number of nitrogens with zero attached hydrogens (tertiary/aromatic N) is 2. The van der Waals surface area contributed by atoms with Gasteiger partial charge in [-0.3, -0.25) is 4.68 Å². The normalized spacial score (nSPS) is 11.1. The summed E-state index contributed by atoms with van der Waals surface area (Å²) < 4.78 is 7.53. The molecule has 0 saturated carbocycles. The summed E-state index contributed by atoms with van der Waals surface area (Å²) in [4.78, 5) is 0. The first-order chi connectivity index (χ1) is 10.0. The van der Waals surface area contributed by atoms with Crippen LogP contribution >= 0.6 is 11.6 Å². The monoisotopic (exact) mass is 307 g/mol. The smallest absolute Gasteiger partial charge is 0.137 e. The van der Waals surface area contributed by atoms with Crippen LogP contribution in [0.25, 0.3) is 0 Å². The van der Waals surface area contributed by atoms with Crippen molar-refractivity contribution >= 4 is 11.6 Å². The van der Waals surface area contributed by atoms with Crippen LogP contribution < -0.4 is 10.1 Å². The Morgan fingerprint density at radius 2 is 2.14 bits per heavy atom. The lowest BCUT2D eigenvalue weighted by Crippen LogP contribution is -2.21. The summed E-state index contributed by atoms with van der Waals surface area (Å²) in [5.41, 5.74) is 2.32. The third-order valence-electron chi connectivity index (χ3n) is 3.12. The number of aryl methyl sites for hydroxylation is 1. The van der Waals surface area contributed by atoms with Crippen LogP contribution in [0.5, 0.6) is 5.75 Å². The average molecular weight is 308 g/mol. The molecule has 0 unspecified atom stereocenters. The van der Waals surface area contributed by atoms with E-state index in [1.54, 1.807) is 4.68 Å². The summed E-state index contributed by atoms with van der Waals surface area (Å²) in [5, 5.41) is 8.16. The second-order valence-electron chi connectivity index (χ2n) is 5.42. The molecule has 0 aliphatic carbocycles. The van der Waals surface area contributed by atoms with E-state index in [-0.39, 0.29) is 0 Å². The first-order valence-electron chi connectivity index (χ1n) is 7.16. The number of halogens is 1. The maximum absolute atomic E-state index is 6.26. The number of hydrogen-bond donors (Lipinski definition) is 1. The predicted molar refractivity (Wildman–Crippen MR) is 85.8 cm³/mol. The summed E-state index contributed by atoms with van der Waals surface area (Å²) >= 11 is 6.26. The second-order valence-corrected chi connectivity index (χ2v) is 5.83. The van der Waals surface area contributed by atoms with Gasteiger partial charge in [-0.15, -0.1) is 0 Å². The van der Waals surface area contributed by atoms with Crippen LogP contribution in [0, 0.1) is 0 Å². The molecule has 1 heterocycles. The highest BCUT2D eigenvalue weighted by molar-refractivity contribution is 6.32. The molecule has 1 N–H and O–H groups in total. The largest absolute Gasteiger partial charge is 0.492 e. The molecular formula is C16H22ClN3O. The Bertz CT molecular complexity index is 581. The number of benzene rings is 1. The fourth-order valence-electron chi connectivity index (χ4n) is 1.97. The molecule has 0 aliphatic rings. The molecule has 5 heteroatoms. The van der Waals surface area contributed by atoms with Crippen molar-refractivity contribution in [3.05, 3.63) is 46.7 Å². The molecule has 1 aromatic carbocycles. The first kappa shape index (κ1) is 15.9. The van der Waals surface area contributed by atoms with Crippen LogP contribution in [0.2, 0.25) is 5.02 Å². The fraction of sp³-hybridized carbons (Fsp3) is 0.438. The van der Waals surface area contributed by atoms with Crippen molar-refractivity contribution in [1.29, 1.82) is 0 Å². The number of nitrogens with one attached hydrogen (secondary N) is 1. The molecule has 114 valence electrons. The molecule has 4 nitrogen and oxygen atoms in total. The van der Waals surface area contributed by atoms with E-state index in [0.717, 1.165) is 29.8 Å². The maximum Gasteiger partial charge on any atom is 0.137 e. The topological polar surface area (TPSA) is 39.1 Å². The summed E-state index contributed by atoms with van der Waals surface area (Å²) in [7, 11) is 1.91. The van der Waals surface area contributed by atoms with Crippen LogP contribution in [0.1, 0.15) is 25.0 Å². The van der Waals surface area contributed by atoms with E-state index >= 15 is 0 Å². The van der Waals surface area contributed by atoms with Gasteiger partial charge < -0.3 is 10.1 Å². The van der Waals surface area contributed by atoms with E-state index in [4.69, 9.17) is 16.3 Å². The summed E-state index contributed by atoms with van der Waals surface area (Å²) in [6.45, 7) is 5.65. The zero-order valence-corrected chi connectivity index (χ0v) is 13.5. The quantitative estimate of drug-likeness (QED) is 0.854. The number of ether oxygens (including phenoxy) is 1. The Hall–Kier alpha value is -1.52. The third-order valence-corrected chi connectivity index (χ3v) is 3.41. The van der Waals surface area contributed by atoms with E-state index in [0.29, 0.717) is 17.7 Å². The van der Waals surface area contributed by atoms with Crippen molar-refractivity contribution in [2.45, 2.75) is 32.9 Å². The molecule has 2 rings (SSSR count). The van der Waals surface area contributed by atoms with Gasteiger partial charge in [0.15, 0.2) is 0 Å². The molecule has 0 amide bonds. The average Bonchev–Trinajstić information content (AvgIpc) is 2.84. The number of aromatic nitrogens is 2. The van der Waals surface area contributed by atoms with Gasteiger partial charge in [-0.1, -0.05) is 31.5 Å². The Morgan fingerprint density at radius 1 is 1.33 bits per heavy atom. The standard InChI is InChI=1S/C16H22ClN3O/c1-12(2)18-9-13-4-5-16(15(17)8-13)21-7-6-14-10-19-20(3)11-14/h4-5,8,10-12,18H,6-7,9H2,1-3H3. The van der Waals surface area contributed by atoms with Crippen LogP contribution in [-0.2, 0) is 20.0 Å². The van der Waals surface area contributed by atoms with Gasteiger partial charge >= 0.3 is 0 Å². The summed E-state index contributed by atoms with van der Waals surface area (Å²) in [6.07, 6.45) is 4.66. The molecule has 0 spiro atoms. The molecule has 0 fully saturated rings. The van der Waals surface area contributed by atoms with Crippen molar-refractivity contribution in [3.63, 3.8) is 0 Å². The highest BCUT2D eigenvalue weighted by Crippen LogP contribution is 2.25.